The Morgan fingerprint density at radius 1 is 1.01 bits per heavy atom. The number of carboxylic acid groups (broad SMARTS) is 1. The smallest absolute Gasteiger partial charge is 0.349 e. The molecule has 3 unspecified atom stereocenters. The molecule has 3 aromatic rings. The van der Waals surface area contributed by atoms with Crippen LogP contribution in [0.5, 0.6) is 0 Å². The van der Waals surface area contributed by atoms with E-state index in [-0.39, 0.29) is 66.6 Å². The molecule has 3 aliphatic rings. The number of benzene rings is 2. The van der Waals surface area contributed by atoms with Crippen molar-refractivity contribution in [3.63, 3.8) is 0 Å². The number of ether oxygens (including phenoxy) is 3. The Morgan fingerprint density at radius 3 is 2.17 bits per heavy atom. The highest BCUT2D eigenvalue weighted by atomic mass is 35.5. The minimum absolute atomic E-state index is 0.0371. The molecule has 4 N–H and O–H groups in total. The zero-order valence-corrected chi connectivity index (χ0v) is 45.8. The number of nitrogens with two attached hydrogens (primary N) is 1. The lowest BCUT2D eigenvalue weighted by atomic mass is 9.93. The van der Waals surface area contributed by atoms with Gasteiger partial charge in [-0.25, -0.2) is 9.69 Å². The molecular formula is C49H62Cl5N4O13P. The van der Waals surface area contributed by atoms with Gasteiger partial charge in [-0.15, -0.1) is 11.6 Å². The van der Waals surface area contributed by atoms with E-state index in [0.29, 0.717) is 59.2 Å². The Kier molecular flexibility index (Phi) is 25.0. The summed E-state index contributed by atoms with van der Waals surface area (Å²) in [7, 11) is -3.10. The molecular weight excluding hydrogens is 1060 g/mol. The zero-order valence-electron chi connectivity index (χ0n) is 41.1. The standard InChI is InChI=1S/C19H17Cl2NO4.C14H20ClNO2.C11H13Cl2NO3.C5H12NO4P/c1-2-26-19(25)16(21)10-11-9-12(7-8-15(11)20)22-17(23)13-5-3-4-6-14(13)18(22)24;1-4-12-8-6-7-11(3)14(12)16(10-18-5-2)13(17)9-15;1-11(2)14(10(15)9(12)13)6-8(17-11)7-4-3-5-16-7;1-11(9,10)3-2-4(6)5(7)8/h7-10H,2-6H2,1H3;6-8H,4-5,9-10H2,1-3H3;3-5,8-9H,6H2,1-2H3;4H,2-3,6H2,1H3,(H,7,8)(H,9,10)/b16-10-;;;. The van der Waals surface area contributed by atoms with Gasteiger partial charge in [-0.1, -0.05) is 71.5 Å². The fourth-order valence-corrected chi connectivity index (χ4v) is 8.97. The third-order valence-corrected chi connectivity index (χ3v) is 13.4. The summed E-state index contributed by atoms with van der Waals surface area (Å²) in [4.78, 5) is 82.9. The molecule has 1 saturated heterocycles. The van der Waals surface area contributed by atoms with Gasteiger partial charge >= 0.3 is 11.9 Å². The molecule has 0 bridgehead atoms. The van der Waals surface area contributed by atoms with Gasteiger partial charge in [0.05, 0.1) is 30.8 Å². The Hall–Kier alpha value is -4.26. The number of imide groups is 1. The van der Waals surface area contributed by atoms with Crippen molar-refractivity contribution in [2.24, 2.45) is 5.73 Å². The molecule has 72 heavy (non-hydrogen) atoms. The van der Waals surface area contributed by atoms with E-state index in [2.05, 4.69) is 6.92 Å². The number of alkyl halides is 3. The van der Waals surface area contributed by atoms with Crippen molar-refractivity contribution in [1.29, 1.82) is 0 Å². The SMILES string of the molecule is CC1(C)OC(c2ccco2)CN1C(=O)C(Cl)Cl.CCOC(=O)/C(Cl)=C/c1cc(N2C(=O)C3=C(CCCC3)C2=O)ccc1Cl.CCOCN(C(=O)CCl)c1c(C)cccc1CC.CP(=O)(O)CCC(N)C(=O)O. The minimum Gasteiger partial charge on any atom is -0.480 e. The largest absolute Gasteiger partial charge is 0.480 e. The summed E-state index contributed by atoms with van der Waals surface area (Å²) in [6.45, 7) is 13.8. The van der Waals surface area contributed by atoms with Crippen LogP contribution < -0.4 is 15.5 Å². The molecule has 3 heterocycles. The molecule has 0 saturated carbocycles. The lowest BCUT2D eigenvalue weighted by Gasteiger charge is -2.29. The van der Waals surface area contributed by atoms with E-state index in [1.807, 2.05) is 38.1 Å². The summed E-state index contributed by atoms with van der Waals surface area (Å²) in [5, 5.41) is 8.49. The van der Waals surface area contributed by atoms with Crippen LogP contribution in [0.2, 0.25) is 5.02 Å². The molecule has 3 atom stereocenters. The normalized spacial score (nSPS) is 17.4. The van der Waals surface area contributed by atoms with Crippen LogP contribution >= 0.6 is 65.4 Å². The quantitative estimate of drug-likeness (QED) is 0.0302. The first-order valence-corrected chi connectivity index (χ1v) is 27.3. The number of carboxylic acids is 1. The predicted molar refractivity (Wildman–Crippen MR) is 280 cm³/mol. The first-order chi connectivity index (χ1) is 33.8. The maximum atomic E-state index is 12.7. The molecule has 2 aliphatic heterocycles. The van der Waals surface area contributed by atoms with Crippen LogP contribution in [0.1, 0.15) is 95.3 Å². The van der Waals surface area contributed by atoms with Crippen molar-refractivity contribution < 1.29 is 62.0 Å². The number of esters is 1. The average molecular weight is 1120 g/mol. The molecule has 0 spiro atoms. The third-order valence-electron chi connectivity index (χ3n) is 11.1. The van der Waals surface area contributed by atoms with Crippen LogP contribution in [0, 0.1) is 6.92 Å². The Labute approximate surface area is 444 Å². The summed E-state index contributed by atoms with van der Waals surface area (Å²) in [5.41, 5.74) is 9.52. The molecule has 0 radical (unpaired) electrons. The van der Waals surface area contributed by atoms with E-state index in [0.717, 1.165) is 36.1 Å². The summed E-state index contributed by atoms with van der Waals surface area (Å²) in [6, 6.07) is 13.3. The highest BCUT2D eigenvalue weighted by Crippen LogP contribution is 2.39. The third kappa shape index (κ3) is 17.7. The monoisotopic (exact) mass is 1120 g/mol. The van der Waals surface area contributed by atoms with Gasteiger partial charge in [-0.05, 0) is 126 Å². The highest BCUT2D eigenvalue weighted by molar-refractivity contribution is 7.57. The summed E-state index contributed by atoms with van der Waals surface area (Å²) < 4.78 is 31.9. The number of halogens is 5. The number of rotatable bonds is 16. The Bertz CT molecular complexity index is 2470. The molecule has 17 nitrogen and oxygen atoms in total. The first-order valence-electron chi connectivity index (χ1n) is 22.9. The topological polar surface area (TPSA) is 237 Å². The van der Waals surface area contributed by atoms with Gasteiger partial charge in [-0.2, -0.15) is 0 Å². The van der Waals surface area contributed by atoms with E-state index in [1.165, 1.54) is 22.5 Å². The van der Waals surface area contributed by atoms with Crippen LogP contribution in [0.4, 0.5) is 11.4 Å². The van der Waals surface area contributed by atoms with Crippen molar-refractivity contribution in [2.75, 3.05) is 55.0 Å². The molecule has 396 valence electrons. The van der Waals surface area contributed by atoms with Gasteiger partial charge in [0, 0.05) is 35.6 Å². The second-order valence-electron chi connectivity index (χ2n) is 16.9. The molecule has 23 heteroatoms. The van der Waals surface area contributed by atoms with E-state index < -0.39 is 35.9 Å². The first kappa shape index (κ1) is 62.0. The van der Waals surface area contributed by atoms with Crippen LogP contribution in [0.25, 0.3) is 6.08 Å². The number of anilines is 2. The molecule has 2 aromatic carbocycles. The lowest BCUT2D eigenvalue weighted by molar-refractivity contribution is -0.144. The van der Waals surface area contributed by atoms with Gasteiger partial charge < -0.3 is 39.3 Å². The van der Waals surface area contributed by atoms with Crippen LogP contribution in [0.15, 0.2) is 75.4 Å². The summed E-state index contributed by atoms with van der Waals surface area (Å²) >= 11 is 29.0. The summed E-state index contributed by atoms with van der Waals surface area (Å²) in [6.07, 6.45) is 6.61. The fourth-order valence-electron chi connectivity index (χ4n) is 7.49. The zero-order chi connectivity index (χ0) is 54.1. The maximum Gasteiger partial charge on any atom is 0.349 e. The number of amides is 4. The Morgan fingerprint density at radius 2 is 1.65 bits per heavy atom. The Balaban J connectivity index is 0.000000265. The number of hydrogen-bond donors (Lipinski definition) is 3. The fraction of sp³-hybridized carbons (Fsp3) is 0.469. The van der Waals surface area contributed by atoms with Crippen molar-refractivity contribution in [3.8, 4) is 0 Å². The van der Waals surface area contributed by atoms with E-state index in [9.17, 15) is 33.3 Å². The van der Waals surface area contributed by atoms with Crippen molar-refractivity contribution in [2.45, 2.75) is 103 Å². The number of aryl methyl sites for hydroxylation is 2. The second-order valence-corrected chi connectivity index (χ2v) is 21.6. The van der Waals surface area contributed by atoms with Crippen LogP contribution in [0.3, 0.4) is 0 Å². The van der Waals surface area contributed by atoms with Gasteiger partial charge in [0.1, 0.15) is 41.3 Å². The number of furan rings is 1. The number of nitrogens with zero attached hydrogens (tertiary/aromatic N) is 3. The van der Waals surface area contributed by atoms with E-state index in [1.54, 1.807) is 56.2 Å². The molecule has 1 aromatic heterocycles. The molecule has 4 amide bonds. The van der Waals surface area contributed by atoms with Gasteiger partial charge in [0.2, 0.25) is 5.91 Å². The maximum absolute atomic E-state index is 12.7. The minimum atomic E-state index is -3.10. The van der Waals surface area contributed by atoms with Crippen molar-refractivity contribution in [3.05, 3.63) is 98.4 Å². The van der Waals surface area contributed by atoms with Crippen molar-refractivity contribution in [1.82, 2.24) is 4.90 Å². The molecule has 6 rings (SSSR count). The van der Waals surface area contributed by atoms with Gasteiger partial charge in [0.25, 0.3) is 17.7 Å². The number of carbonyl (C=O) groups is 6. The summed E-state index contributed by atoms with van der Waals surface area (Å²) in [5.74, 6) is -2.20. The van der Waals surface area contributed by atoms with Gasteiger partial charge in [-0.3, -0.25) is 33.4 Å². The number of hydrogen-bond acceptors (Lipinski definition) is 12. The molecule has 1 fully saturated rings. The van der Waals surface area contributed by atoms with Gasteiger partial charge in [0.15, 0.2) is 12.2 Å². The highest BCUT2D eigenvalue weighted by Gasteiger charge is 2.45. The van der Waals surface area contributed by atoms with Crippen LogP contribution in [-0.2, 0) is 54.0 Å². The number of aliphatic carboxylic acids is 1. The van der Waals surface area contributed by atoms with E-state index in [4.69, 9.17) is 92.4 Å². The predicted octanol–water partition coefficient (Wildman–Crippen LogP) is 9.76. The number of carbonyl (C=O) groups excluding carboxylic acids is 5. The van der Waals surface area contributed by atoms with E-state index >= 15 is 0 Å². The lowest BCUT2D eigenvalue weighted by Crippen LogP contribution is -2.45. The molecule has 1 aliphatic carbocycles. The second kappa shape index (κ2) is 29.0. The average Bonchev–Trinajstić information content (AvgIpc) is 4.05. The van der Waals surface area contributed by atoms with Crippen LogP contribution in [-0.4, -0.2) is 112 Å². The number of para-hydroxylation sites is 1. The van der Waals surface area contributed by atoms with Crippen molar-refractivity contribution >= 4 is 118 Å².